The molecule has 7 heteroatoms. The third-order valence-electron chi connectivity index (χ3n) is 4.14. The molecule has 0 bridgehead atoms. The second-order valence-corrected chi connectivity index (χ2v) is 5.90. The van der Waals surface area contributed by atoms with E-state index in [9.17, 15) is 14.9 Å². The van der Waals surface area contributed by atoms with Gasteiger partial charge in [0, 0.05) is 37.0 Å². The van der Waals surface area contributed by atoms with E-state index >= 15 is 0 Å². The molecule has 1 amide bonds. The van der Waals surface area contributed by atoms with Crippen LogP contribution in [0, 0.1) is 10.1 Å². The normalized spacial score (nSPS) is 18.4. The number of nitro groups is 1. The number of rotatable bonds is 7. The molecule has 0 unspecified atom stereocenters. The van der Waals surface area contributed by atoms with Gasteiger partial charge in [-0.05, 0) is 38.4 Å². The number of benzene rings is 1. The van der Waals surface area contributed by atoms with Gasteiger partial charge in [-0.1, -0.05) is 6.42 Å². The quantitative estimate of drug-likeness (QED) is 0.456. The molecule has 2 rings (SSSR count). The summed E-state index contributed by atoms with van der Waals surface area (Å²) in [5, 5.41) is 16.6. The van der Waals surface area contributed by atoms with Gasteiger partial charge in [-0.2, -0.15) is 0 Å². The minimum atomic E-state index is -0.425. The summed E-state index contributed by atoms with van der Waals surface area (Å²) in [6.45, 7) is 4.73. The fourth-order valence-electron chi connectivity index (χ4n) is 2.74. The average molecular weight is 320 g/mol. The summed E-state index contributed by atoms with van der Waals surface area (Å²) < 4.78 is 0. The van der Waals surface area contributed by atoms with Gasteiger partial charge in [0.05, 0.1) is 11.5 Å². The fourth-order valence-corrected chi connectivity index (χ4v) is 2.74. The van der Waals surface area contributed by atoms with Gasteiger partial charge in [0.15, 0.2) is 0 Å². The Hall–Kier alpha value is -2.15. The molecule has 7 nitrogen and oxygen atoms in total. The lowest BCUT2D eigenvalue weighted by Crippen LogP contribution is -2.45. The first-order chi connectivity index (χ1) is 11.1. The summed E-state index contributed by atoms with van der Waals surface area (Å²) in [6.07, 6.45) is 3.58. The first-order valence-corrected chi connectivity index (χ1v) is 8.05. The average Bonchev–Trinajstić information content (AvgIpc) is 2.54. The molecule has 1 aromatic carbocycles. The van der Waals surface area contributed by atoms with Crippen molar-refractivity contribution in [2.24, 2.45) is 0 Å². The Kier molecular flexibility index (Phi) is 6.34. The fraction of sp³-hybridized carbons (Fsp3) is 0.562. The van der Waals surface area contributed by atoms with Crippen LogP contribution in [-0.4, -0.2) is 48.0 Å². The summed E-state index contributed by atoms with van der Waals surface area (Å²) in [6, 6.07) is 6.72. The topological polar surface area (TPSA) is 87.5 Å². The number of amides is 1. The first-order valence-electron chi connectivity index (χ1n) is 8.05. The predicted molar refractivity (Wildman–Crippen MR) is 89.5 cm³/mol. The van der Waals surface area contributed by atoms with Crippen molar-refractivity contribution in [1.29, 1.82) is 0 Å². The van der Waals surface area contributed by atoms with Gasteiger partial charge in [-0.3, -0.25) is 19.8 Å². The maximum atomic E-state index is 11.9. The highest BCUT2D eigenvalue weighted by molar-refractivity contribution is 5.78. The van der Waals surface area contributed by atoms with Crippen molar-refractivity contribution in [3.63, 3.8) is 0 Å². The van der Waals surface area contributed by atoms with Gasteiger partial charge in [0.1, 0.15) is 0 Å². The van der Waals surface area contributed by atoms with Crippen molar-refractivity contribution >= 4 is 17.3 Å². The van der Waals surface area contributed by atoms with E-state index in [1.54, 1.807) is 12.1 Å². The van der Waals surface area contributed by atoms with Gasteiger partial charge in [-0.15, -0.1) is 0 Å². The van der Waals surface area contributed by atoms with E-state index in [2.05, 4.69) is 22.5 Å². The van der Waals surface area contributed by atoms with Crippen LogP contribution in [-0.2, 0) is 4.79 Å². The van der Waals surface area contributed by atoms with Gasteiger partial charge >= 0.3 is 0 Å². The highest BCUT2D eigenvalue weighted by atomic mass is 16.6. The zero-order chi connectivity index (χ0) is 16.7. The molecule has 0 spiro atoms. The van der Waals surface area contributed by atoms with E-state index in [0.717, 1.165) is 18.7 Å². The van der Waals surface area contributed by atoms with Gasteiger partial charge in [0.2, 0.25) is 5.91 Å². The second-order valence-electron chi connectivity index (χ2n) is 5.90. The largest absolute Gasteiger partial charge is 0.383 e. The predicted octanol–water partition coefficient (Wildman–Crippen LogP) is 2.00. The molecule has 1 atom stereocenters. The number of anilines is 1. The Balaban J connectivity index is 1.64. The molecule has 1 aromatic rings. The molecule has 2 N–H and O–H groups in total. The van der Waals surface area contributed by atoms with Crippen molar-refractivity contribution in [1.82, 2.24) is 10.2 Å². The van der Waals surface area contributed by atoms with Crippen LogP contribution in [0.3, 0.4) is 0 Å². The van der Waals surface area contributed by atoms with Crippen LogP contribution in [0.1, 0.15) is 26.2 Å². The van der Waals surface area contributed by atoms with E-state index in [4.69, 9.17) is 0 Å². The number of piperidine rings is 1. The maximum Gasteiger partial charge on any atom is 0.269 e. The molecule has 1 fully saturated rings. The Morgan fingerprint density at radius 1 is 1.30 bits per heavy atom. The summed E-state index contributed by atoms with van der Waals surface area (Å²) in [5.41, 5.74) is 0.869. The number of hydrogen-bond acceptors (Lipinski definition) is 5. The highest BCUT2D eigenvalue weighted by Crippen LogP contribution is 2.16. The van der Waals surface area contributed by atoms with Crippen molar-refractivity contribution in [2.45, 2.75) is 32.2 Å². The van der Waals surface area contributed by atoms with E-state index in [1.807, 2.05) is 0 Å². The Morgan fingerprint density at radius 2 is 2.04 bits per heavy atom. The summed E-state index contributed by atoms with van der Waals surface area (Å²) in [7, 11) is 0. The van der Waals surface area contributed by atoms with E-state index in [0.29, 0.717) is 25.7 Å². The lowest BCUT2D eigenvalue weighted by Gasteiger charge is -2.32. The monoisotopic (exact) mass is 320 g/mol. The SMILES string of the molecule is C[C@@H]1CCCCN1CC(=O)NCCNc1ccc([N+](=O)[O-])cc1. The summed E-state index contributed by atoms with van der Waals surface area (Å²) in [4.78, 5) is 24.3. The molecule has 0 saturated carbocycles. The molecule has 126 valence electrons. The van der Waals surface area contributed by atoms with Crippen molar-refractivity contribution in [3.8, 4) is 0 Å². The Labute approximate surface area is 136 Å². The van der Waals surface area contributed by atoms with E-state index in [1.165, 1.54) is 25.0 Å². The van der Waals surface area contributed by atoms with Gasteiger partial charge < -0.3 is 10.6 Å². The molecule has 0 radical (unpaired) electrons. The molecule has 1 heterocycles. The second kappa shape index (κ2) is 8.47. The number of nitro benzene ring substituents is 1. The summed E-state index contributed by atoms with van der Waals surface area (Å²) >= 11 is 0. The molecule has 23 heavy (non-hydrogen) atoms. The van der Waals surface area contributed by atoms with Crippen molar-refractivity contribution < 1.29 is 9.72 Å². The number of nitrogens with one attached hydrogen (secondary N) is 2. The van der Waals surface area contributed by atoms with Crippen LogP contribution in [0.2, 0.25) is 0 Å². The molecule has 1 aliphatic rings. The Bertz CT molecular complexity index is 533. The van der Waals surface area contributed by atoms with Crippen LogP contribution in [0.25, 0.3) is 0 Å². The van der Waals surface area contributed by atoms with Crippen LogP contribution in [0.15, 0.2) is 24.3 Å². The van der Waals surface area contributed by atoms with Gasteiger partial charge in [-0.25, -0.2) is 0 Å². The minimum absolute atomic E-state index is 0.0456. The molecule has 1 aliphatic heterocycles. The lowest BCUT2D eigenvalue weighted by molar-refractivity contribution is -0.384. The number of nitrogens with zero attached hydrogens (tertiary/aromatic N) is 2. The van der Waals surface area contributed by atoms with E-state index < -0.39 is 4.92 Å². The molecule has 1 saturated heterocycles. The van der Waals surface area contributed by atoms with Crippen LogP contribution in [0.4, 0.5) is 11.4 Å². The minimum Gasteiger partial charge on any atom is -0.383 e. The first kappa shape index (κ1) is 17.2. The lowest BCUT2D eigenvalue weighted by atomic mass is 10.0. The number of carbonyl (C=O) groups is 1. The summed E-state index contributed by atoms with van der Waals surface area (Å²) in [5.74, 6) is 0.0456. The number of carbonyl (C=O) groups excluding carboxylic acids is 1. The van der Waals surface area contributed by atoms with Crippen molar-refractivity contribution in [3.05, 3.63) is 34.4 Å². The van der Waals surface area contributed by atoms with Crippen LogP contribution in [0.5, 0.6) is 0 Å². The number of hydrogen-bond donors (Lipinski definition) is 2. The van der Waals surface area contributed by atoms with E-state index in [-0.39, 0.29) is 11.6 Å². The smallest absolute Gasteiger partial charge is 0.269 e. The van der Waals surface area contributed by atoms with Gasteiger partial charge in [0.25, 0.3) is 5.69 Å². The Morgan fingerprint density at radius 3 is 2.70 bits per heavy atom. The highest BCUT2D eigenvalue weighted by Gasteiger charge is 2.20. The zero-order valence-electron chi connectivity index (χ0n) is 13.5. The molecule has 0 aromatic heterocycles. The number of likely N-dealkylation sites (tertiary alicyclic amines) is 1. The van der Waals surface area contributed by atoms with Crippen LogP contribution >= 0.6 is 0 Å². The maximum absolute atomic E-state index is 11.9. The molecule has 0 aliphatic carbocycles. The third-order valence-corrected chi connectivity index (χ3v) is 4.14. The standard InChI is InChI=1S/C16H24N4O3/c1-13-4-2-3-11-19(13)12-16(21)18-10-9-17-14-5-7-15(8-6-14)20(22)23/h5-8,13,17H,2-4,9-12H2,1H3,(H,18,21)/t13-/m1/s1. The van der Waals surface area contributed by atoms with Crippen molar-refractivity contribution in [2.75, 3.05) is 31.5 Å². The number of non-ortho nitro benzene ring substituents is 1. The van der Waals surface area contributed by atoms with Crippen LogP contribution < -0.4 is 10.6 Å². The molecular weight excluding hydrogens is 296 g/mol. The zero-order valence-corrected chi connectivity index (χ0v) is 13.5. The third kappa shape index (κ3) is 5.52. The molecular formula is C16H24N4O3.